The predicted octanol–water partition coefficient (Wildman–Crippen LogP) is 3.17. The second-order valence-electron chi connectivity index (χ2n) is 5.85. The van der Waals surface area contributed by atoms with E-state index in [1.807, 2.05) is 10.9 Å². The third kappa shape index (κ3) is 2.70. The van der Waals surface area contributed by atoms with Crippen molar-refractivity contribution >= 4 is 16.7 Å². The van der Waals surface area contributed by atoms with Crippen LogP contribution in [0.25, 0.3) is 11.0 Å². The van der Waals surface area contributed by atoms with Gasteiger partial charge in [0.2, 0.25) is 0 Å². The lowest BCUT2D eigenvalue weighted by atomic mass is 10.0. The van der Waals surface area contributed by atoms with Crippen LogP contribution >= 0.6 is 0 Å². The van der Waals surface area contributed by atoms with Gasteiger partial charge in [-0.15, -0.1) is 0 Å². The number of nitrogens with one attached hydrogen (secondary N) is 1. The van der Waals surface area contributed by atoms with Gasteiger partial charge in [0, 0.05) is 31.5 Å². The first kappa shape index (κ1) is 15.3. The topological polar surface area (TPSA) is 52.0 Å². The average molecular weight is 302 g/mol. The molecule has 0 radical (unpaired) electrons. The number of hydrogen-bond acceptors (Lipinski definition) is 4. The van der Waals surface area contributed by atoms with Crippen molar-refractivity contribution in [3.63, 3.8) is 0 Å². The first-order valence-electron chi connectivity index (χ1n) is 8.49. The van der Waals surface area contributed by atoms with E-state index in [9.17, 15) is 0 Å². The molecule has 3 heterocycles. The number of nitrogens with zero attached hydrogens (tertiary/aromatic N) is 3. The molecule has 1 aliphatic heterocycles. The number of rotatable bonds is 5. The van der Waals surface area contributed by atoms with Crippen LogP contribution in [0.1, 0.15) is 44.9 Å². The Balaban J connectivity index is 2.09. The molecular formula is C17H26N4O. The summed E-state index contributed by atoms with van der Waals surface area (Å²) in [7, 11) is 0. The number of anilines is 1. The van der Waals surface area contributed by atoms with E-state index in [2.05, 4.69) is 31.2 Å². The van der Waals surface area contributed by atoms with Gasteiger partial charge in [0.05, 0.1) is 17.3 Å². The zero-order valence-corrected chi connectivity index (χ0v) is 13.9. The van der Waals surface area contributed by atoms with Gasteiger partial charge in [-0.1, -0.05) is 13.8 Å². The van der Waals surface area contributed by atoms with Crippen molar-refractivity contribution in [3.8, 4) is 0 Å². The predicted molar refractivity (Wildman–Crippen MR) is 89.4 cm³/mol. The van der Waals surface area contributed by atoms with Crippen LogP contribution in [0.5, 0.6) is 0 Å². The quantitative estimate of drug-likeness (QED) is 0.921. The minimum Gasteiger partial charge on any atom is -0.381 e. The molecule has 0 saturated carbocycles. The molecule has 0 aliphatic carbocycles. The summed E-state index contributed by atoms with van der Waals surface area (Å²) in [6.07, 6.45) is 6.05. The summed E-state index contributed by atoms with van der Waals surface area (Å²) in [5.74, 6) is 0. The molecule has 22 heavy (non-hydrogen) atoms. The van der Waals surface area contributed by atoms with E-state index in [-0.39, 0.29) is 0 Å². The largest absolute Gasteiger partial charge is 0.381 e. The highest BCUT2D eigenvalue weighted by molar-refractivity contribution is 5.91. The van der Waals surface area contributed by atoms with Crippen molar-refractivity contribution in [2.75, 3.05) is 18.5 Å². The maximum Gasteiger partial charge on any atom is 0.160 e. The minimum absolute atomic E-state index is 0.485. The molecule has 0 unspecified atom stereocenters. The first-order valence-corrected chi connectivity index (χ1v) is 8.49. The second-order valence-corrected chi connectivity index (χ2v) is 5.85. The van der Waals surface area contributed by atoms with Gasteiger partial charge in [0.25, 0.3) is 0 Å². The third-order valence-corrected chi connectivity index (χ3v) is 4.53. The van der Waals surface area contributed by atoms with E-state index in [1.165, 1.54) is 16.9 Å². The van der Waals surface area contributed by atoms with Crippen LogP contribution in [0.15, 0.2) is 6.20 Å². The van der Waals surface area contributed by atoms with Crippen molar-refractivity contribution < 1.29 is 4.74 Å². The molecule has 2 aromatic rings. The SMILES string of the molecule is CCc1nc2c(cnn2CC)c(NC2CCOCC2)c1CC. The molecule has 3 rings (SSSR count). The Morgan fingerprint density at radius 3 is 2.64 bits per heavy atom. The number of hydrogen-bond donors (Lipinski definition) is 1. The fourth-order valence-corrected chi connectivity index (χ4v) is 3.29. The van der Waals surface area contributed by atoms with E-state index in [0.717, 1.165) is 56.5 Å². The van der Waals surface area contributed by atoms with E-state index in [4.69, 9.17) is 9.72 Å². The van der Waals surface area contributed by atoms with Crippen LogP contribution in [-0.2, 0) is 24.1 Å². The van der Waals surface area contributed by atoms with Crippen molar-refractivity contribution in [2.45, 2.75) is 59.0 Å². The monoisotopic (exact) mass is 302 g/mol. The number of fused-ring (bicyclic) bond motifs is 1. The van der Waals surface area contributed by atoms with E-state index < -0.39 is 0 Å². The average Bonchev–Trinajstić information content (AvgIpc) is 2.98. The second kappa shape index (κ2) is 6.65. The molecule has 1 aliphatic rings. The minimum atomic E-state index is 0.485. The Labute approximate surface area is 132 Å². The summed E-state index contributed by atoms with van der Waals surface area (Å²) in [6.45, 7) is 9.05. The van der Waals surface area contributed by atoms with Gasteiger partial charge in [0.1, 0.15) is 0 Å². The first-order chi connectivity index (χ1) is 10.8. The van der Waals surface area contributed by atoms with Crippen molar-refractivity contribution in [1.29, 1.82) is 0 Å². The summed E-state index contributed by atoms with van der Waals surface area (Å²) >= 11 is 0. The Hall–Kier alpha value is -1.62. The van der Waals surface area contributed by atoms with E-state index in [0.29, 0.717) is 6.04 Å². The summed E-state index contributed by atoms with van der Waals surface area (Å²) in [6, 6.07) is 0.485. The van der Waals surface area contributed by atoms with E-state index in [1.54, 1.807) is 0 Å². The van der Waals surface area contributed by atoms with Gasteiger partial charge in [0.15, 0.2) is 5.65 Å². The maximum atomic E-state index is 5.48. The summed E-state index contributed by atoms with van der Waals surface area (Å²) < 4.78 is 7.47. The summed E-state index contributed by atoms with van der Waals surface area (Å²) in [5, 5.41) is 9.45. The number of aromatic nitrogens is 3. The highest BCUT2D eigenvalue weighted by Gasteiger charge is 2.20. The highest BCUT2D eigenvalue weighted by atomic mass is 16.5. The summed E-state index contributed by atoms with van der Waals surface area (Å²) in [5.41, 5.74) is 4.79. The smallest absolute Gasteiger partial charge is 0.160 e. The lowest BCUT2D eigenvalue weighted by Crippen LogP contribution is -2.28. The van der Waals surface area contributed by atoms with Crippen molar-refractivity contribution in [2.24, 2.45) is 0 Å². The van der Waals surface area contributed by atoms with Crippen LogP contribution < -0.4 is 5.32 Å². The van der Waals surface area contributed by atoms with Gasteiger partial charge >= 0.3 is 0 Å². The molecule has 0 aromatic carbocycles. The van der Waals surface area contributed by atoms with Gasteiger partial charge in [-0.25, -0.2) is 9.67 Å². The van der Waals surface area contributed by atoms with Crippen LogP contribution in [0.2, 0.25) is 0 Å². The van der Waals surface area contributed by atoms with Gasteiger partial charge in [-0.3, -0.25) is 0 Å². The molecule has 1 N–H and O–H groups in total. The fourth-order valence-electron chi connectivity index (χ4n) is 3.29. The molecule has 0 amide bonds. The molecule has 1 fully saturated rings. The molecule has 5 nitrogen and oxygen atoms in total. The van der Waals surface area contributed by atoms with E-state index >= 15 is 0 Å². The molecule has 2 aromatic heterocycles. The van der Waals surface area contributed by atoms with Crippen molar-refractivity contribution in [3.05, 3.63) is 17.5 Å². The Morgan fingerprint density at radius 2 is 2.00 bits per heavy atom. The third-order valence-electron chi connectivity index (χ3n) is 4.53. The highest BCUT2D eigenvalue weighted by Crippen LogP contribution is 2.31. The van der Waals surface area contributed by atoms with Crippen molar-refractivity contribution in [1.82, 2.24) is 14.8 Å². The standard InChI is InChI=1S/C17H26N4O/c1-4-13-15(5-2)20-17-14(11-18-21(17)6-3)16(13)19-12-7-9-22-10-8-12/h11-12H,4-10H2,1-3H3,(H,19,20). The zero-order chi connectivity index (χ0) is 15.5. The number of pyridine rings is 1. The lowest BCUT2D eigenvalue weighted by molar-refractivity contribution is 0.0904. The van der Waals surface area contributed by atoms with Crippen LogP contribution in [0.4, 0.5) is 5.69 Å². The molecule has 0 bridgehead atoms. The Kier molecular flexibility index (Phi) is 4.62. The maximum absolute atomic E-state index is 5.48. The van der Waals surface area contributed by atoms with Gasteiger partial charge < -0.3 is 10.1 Å². The number of aryl methyl sites for hydroxylation is 2. The van der Waals surface area contributed by atoms with Crippen LogP contribution in [0.3, 0.4) is 0 Å². The fraction of sp³-hybridized carbons (Fsp3) is 0.647. The Bertz CT molecular complexity index is 644. The van der Waals surface area contributed by atoms with Gasteiger partial charge in [-0.05, 0) is 38.2 Å². The normalized spacial score (nSPS) is 16.3. The molecular weight excluding hydrogens is 276 g/mol. The lowest BCUT2D eigenvalue weighted by Gasteiger charge is -2.26. The zero-order valence-electron chi connectivity index (χ0n) is 13.9. The summed E-state index contributed by atoms with van der Waals surface area (Å²) in [4.78, 5) is 4.88. The molecule has 0 atom stereocenters. The number of ether oxygens (including phenoxy) is 1. The molecule has 1 saturated heterocycles. The molecule has 0 spiro atoms. The molecule has 5 heteroatoms. The van der Waals surface area contributed by atoms with Gasteiger partial charge in [-0.2, -0.15) is 5.10 Å². The molecule has 120 valence electrons. The van der Waals surface area contributed by atoms with Crippen LogP contribution in [-0.4, -0.2) is 34.0 Å². The Morgan fingerprint density at radius 1 is 1.23 bits per heavy atom. The van der Waals surface area contributed by atoms with Crippen LogP contribution in [0, 0.1) is 0 Å².